The van der Waals surface area contributed by atoms with Gasteiger partial charge in [0.25, 0.3) is 0 Å². The van der Waals surface area contributed by atoms with Crippen molar-refractivity contribution in [1.29, 1.82) is 0 Å². The van der Waals surface area contributed by atoms with Crippen LogP contribution in [-0.4, -0.2) is 193 Å². The molecule has 392 valence electrons. The van der Waals surface area contributed by atoms with Gasteiger partial charge in [-0.05, 0) is 44.9 Å². The first kappa shape index (κ1) is 59.6. The summed E-state index contributed by atoms with van der Waals surface area (Å²) in [6.45, 7) is 1.58. The van der Waals surface area contributed by atoms with E-state index in [0.717, 1.165) is 64.2 Å². The van der Waals surface area contributed by atoms with Crippen LogP contribution in [0.4, 0.5) is 0 Å². The molecule has 0 bridgehead atoms. The highest BCUT2D eigenvalue weighted by Gasteiger charge is 2.53. The van der Waals surface area contributed by atoms with Crippen LogP contribution in [0.15, 0.2) is 24.3 Å². The Labute approximate surface area is 397 Å². The van der Waals surface area contributed by atoms with E-state index in [4.69, 9.17) is 28.4 Å². The van der Waals surface area contributed by atoms with E-state index in [-0.39, 0.29) is 18.9 Å². The molecule has 0 spiro atoms. The molecule has 17 atom stereocenters. The second kappa shape index (κ2) is 33.8. The first-order chi connectivity index (χ1) is 32.3. The third-order valence-corrected chi connectivity index (χ3v) is 12.8. The van der Waals surface area contributed by atoms with Crippen LogP contribution >= 0.6 is 0 Å². The van der Waals surface area contributed by atoms with Gasteiger partial charge >= 0.3 is 0 Å². The monoisotopic (exact) mass is 966 g/mol. The standard InChI is InChI=1S/C48H87NO18/c1-3-5-7-9-10-11-12-13-14-15-16-17-18-19-20-21-22-24-26-36(54)49-31(32(53)25-23-8-6-4-2)30-62-46-42(60)39(57)44(34(28-51)64-46)67-48-43(61)40(58)45(35(29-52)65-48)66-47-41(59)38(56)37(55)33(27-50)63-47/h11-12,14-15,31-35,37-48,50-53,55-61H,3-10,13,16-30H2,1-2H3,(H,49,54)/b12-11-,15-14-. The van der Waals surface area contributed by atoms with Gasteiger partial charge in [0, 0.05) is 6.42 Å². The number of nitrogens with one attached hydrogen (secondary N) is 1. The minimum absolute atomic E-state index is 0.255. The van der Waals surface area contributed by atoms with Crippen molar-refractivity contribution in [3.63, 3.8) is 0 Å². The minimum Gasteiger partial charge on any atom is -0.394 e. The second-order valence-electron chi connectivity index (χ2n) is 18.3. The zero-order valence-corrected chi connectivity index (χ0v) is 39.9. The number of carbonyl (C=O) groups is 1. The van der Waals surface area contributed by atoms with Crippen LogP contribution in [0, 0.1) is 0 Å². The molecule has 3 aliphatic heterocycles. The highest BCUT2D eigenvalue weighted by molar-refractivity contribution is 5.76. The average Bonchev–Trinajstić information content (AvgIpc) is 3.32. The number of ether oxygens (including phenoxy) is 6. The second-order valence-corrected chi connectivity index (χ2v) is 18.3. The van der Waals surface area contributed by atoms with Gasteiger partial charge in [0.15, 0.2) is 18.9 Å². The molecule has 17 unspecified atom stereocenters. The summed E-state index contributed by atoms with van der Waals surface area (Å²) in [6, 6.07) is -0.884. The Bertz CT molecular complexity index is 1340. The first-order valence-electron chi connectivity index (χ1n) is 25.1. The van der Waals surface area contributed by atoms with Crippen LogP contribution in [0.5, 0.6) is 0 Å². The Kier molecular flexibility index (Phi) is 30.0. The van der Waals surface area contributed by atoms with Gasteiger partial charge in [-0.3, -0.25) is 4.79 Å². The van der Waals surface area contributed by atoms with Gasteiger partial charge < -0.3 is 89.9 Å². The van der Waals surface area contributed by atoms with E-state index in [1.54, 1.807) is 0 Å². The van der Waals surface area contributed by atoms with Gasteiger partial charge in [0.2, 0.25) is 5.91 Å². The lowest BCUT2D eigenvalue weighted by molar-refractivity contribution is -0.379. The van der Waals surface area contributed by atoms with Gasteiger partial charge in [-0.15, -0.1) is 0 Å². The summed E-state index contributed by atoms with van der Waals surface area (Å²) in [5.74, 6) is -0.263. The molecule has 3 aliphatic rings. The molecule has 0 aliphatic carbocycles. The summed E-state index contributed by atoms with van der Waals surface area (Å²) in [7, 11) is 0. The van der Waals surface area contributed by atoms with Crippen LogP contribution in [0.2, 0.25) is 0 Å². The fraction of sp³-hybridized carbons (Fsp3) is 0.896. The van der Waals surface area contributed by atoms with Gasteiger partial charge in [-0.1, -0.05) is 115 Å². The number of amides is 1. The van der Waals surface area contributed by atoms with Crippen molar-refractivity contribution in [2.24, 2.45) is 0 Å². The van der Waals surface area contributed by atoms with Crippen LogP contribution < -0.4 is 5.32 Å². The summed E-state index contributed by atoms with van der Waals surface area (Å²) in [5.41, 5.74) is 0. The number of hydrogen-bond acceptors (Lipinski definition) is 18. The number of allylic oxidation sites excluding steroid dienone is 4. The SMILES string of the molecule is CCCCCC/C=C\C/C=C\CCCCCCCCCC(=O)NC(COC1OC(CO)C(OC2OC(CO)C(OC3OC(CO)C(O)C(O)C3O)C(O)C2O)C(O)C1O)C(O)CCCCCC. The molecule has 67 heavy (non-hydrogen) atoms. The van der Waals surface area contributed by atoms with Crippen molar-refractivity contribution < 1.29 is 89.4 Å². The third-order valence-electron chi connectivity index (χ3n) is 12.8. The molecule has 3 saturated heterocycles. The Hall–Kier alpha value is -1.73. The number of aliphatic hydroxyl groups excluding tert-OH is 11. The lowest BCUT2D eigenvalue weighted by Crippen LogP contribution is -2.66. The maximum absolute atomic E-state index is 13.1. The molecule has 3 fully saturated rings. The number of unbranched alkanes of at least 4 members (excludes halogenated alkanes) is 14. The zero-order chi connectivity index (χ0) is 49.1. The first-order valence-corrected chi connectivity index (χ1v) is 25.1. The summed E-state index contributed by atoms with van der Waals surface area (Å²) in [5, 5.41) is 119. The molecule has 19 nitrogen and oxygen atoms in total. The topological polar surface area (TPSA) is 307 Å². The maximum Gasteiger partial charge on any atom is 0.220 e. The summed E-state index contributed by atoms with van der Waals surface area (Å²) in [4.78, 5) is 13.1. The van der Waals surface area contributed by atoms with Crippen molar-refractivity contribution in [3.8, 4) is 0 Å². The Morgan fingerprint density at radius 3 is 1.52 bits per heavy atom. The predicted octanol–water partition coefficient (Wildman–Crippen LogP) is 1.25. The Balaban J connectivity index is 1.47. The van der Waals surface area contributed by atoms with Crippen molar-refractivity contribution in [2.75, 3.05) is 26.4 Å². The van der Waals surface area contributed by atoms with Crippen molar-refractivity contribution >= 4 is 5.91 Å². The molecule has 3 rings (SSSR count). The van der Waals surface area contributed by atoms with Crippen molar-refractivity contribution in [3.05, 3.63) is 24.3 Å². The van der Waals surface area contributed by atoms with E-state index < -0.39 is 124 Å². The van der Waals surface area contributed by atoms with E-state index in [2.05, 4.69) is 43.5 Å². The molecule has 0 aromatic rings. The normalized spacial score (nSPS) is 33.7. The summed E-state index contributed by atoms with van der Waals surface area (Å²) >= 11 is 0. The molecule has 12 N–H and O–H groups in total. The summed E-state index contributed by atoms with van der Waals surface area (Å²) < 4.78 is 34.0. The fourth-order valence-corrected chi connectivity index (χ4v) is 8.52. The summed E-state index contributed by atoms with van der Waals surface area (Å²) in [6.07, 6.45) is 2.33. The van der Waals surface area contributed by atoms with Crippen LogP contribution in [0.3, 0.4) is 0 Å². The molecule has 3 heterocycles. The van der Waals surface area contributed by atoms with Gasteiger partial charge in [-0.2, -0.15) is 0 Å². The smallest absolute Gasteiger partial charge is 0.220 e. The zero-order valence-electron chi connectivity index (χ0n) is 39.9. The van der Waals surface area contributed by atoms with E-state index >= 15 is 0 Å². The van der Waals surface area contributed by atoms with E-state index in [1.807, 2.05) is 0 Å². The third kappa shape index (κ3) is 20.1. The Morgan fingerprint density at radius 1 is 0.537 bits per heavy atom. The number of carbonyl (C=O) groups excluding carboxylic acids is 1. The number of rotatable bonds is 34. The molecule has 19 heteroatoms. The molecule has 0 aromatic heterocycles. The maximum atomic E-state index is 13.1. The highest BCUT2D eigenvalue weighted by atomic mass is 16.8. The molecular formula is C48H87NO18. The fourth-order valence-electron chi connectivity index (χ4n) is 8.52. The molecule has 0 saturated carbocycles. The van der Waals surface area contributed by atoms with Gasteiger partial charge in [0.1, 0.15) is 73.2 Å². The quantitative estimate of drug-likeness (QED) is 0.0319. The van der Waals surface area contributed by atoms with E-state index in [0.29, 0.717) is 19.3 Å². The molecule has 0 radical (unpaired) electrons. The molecule has 1 amide bonds. The van der Waals surface area contributed by atoms with E-state index in [9.17, 15) is 61.0 Å². The van der Waals surface area contributed by atoms with Crippen LogP contribution in [0.1, 0.15) is 142 Å². The van der Waals surface area contributed by atoms with Crippen molar-refractivity contribution in [2.45, 2.75) is 247 Å². The van der Waals surface area contributed by atoms with Gasteiger partial charge in [-0.25, -0.2) is 0 Å². The van der Waals surface area contributed by atoms with E-state index in [1.165, 1.54) is 38.5 Å². The molecule has 0 aromatic carbocycles. The Morgan fingerprint density at radius 2 is 0.985 bits per heavy atom. The predicted molar refractivity (Wildman–Crippen MR) is 245 cm³/mol. The lowest BCUT2D eigenvalue weighted by Gasteiger charge is -2.48. The average molecular weight is 966 g/mol. The number of aliphatic hydroxyl groups is 11. The minimum atomic E-state index is -1.97. The van der Waals surface area contributed by atoms with Crippen molar-refractivity contribution in [1.82, 2.24) is 5.32 Å². The van der Waals surface area contributed by atoms with Gasteiger partial charge in [0.05, 0.1) is 38.6 Å². The van der Waals surface area contributed by atoms with Crippen LogP contribution in [0.25, 0.3) is 0 Å². The molecular weight excluding hydrogens is 879 g/mol. The van der Waals surface area contributed by atoms with Crippen LogP contribution in [-0.2, 0) is 33.2 Å². The highest BCUT2D eigenvalue weighted by Crippen LogP contribution is 2.33. The largest absolute Gasteiger partial charge is 0.394 e. The lowest BCUT2D eigenvalue weighted by atomic mass is 9.96. The number of hydrogen-bond donors (Lipinski definition) is 12.